The van der Waals surface area contributed by atoms with Crippen molar-refractivity contribution in [2.24, 2.45) is 5.92 Å². The van der Waals surface area contributed by atoms with E-state index in [9.17, 15) is 9.59 Å². The van der Waals surface area contributed by atoms with Crippen LogP contribution < -0.4 is 5.56 Å². The Morgan fingerprint density at radius 3 is 2.45 bits per heavy atom. The zero-order chi connectivity index (χ0) is 21.4. The average molecular weight is 400 g/mol. The van der Waals surface area contributed by atoms with Crippen LogP contribution in [0.1, 0.15) is 85.0 Å². The molecule has 5 nitrogen and oxygen atoms in total. The summed E-state index contributed by atoms with van der Waals surface area (Å²) in [5.74, 6) is 1.15. The van der Waals surface area contributed by atoms with Crippen molar-refractivity contribution in [3.63, 3.8) is 0 Å². The van der Waals surface area contributed by atoms with Crippen LogP contribution >= 0.6 is 0 Å². The van der Waals surface area contributed by atoms with Crippen molar-refractivity contribution in [2.75, 3.05) is 6.54 Å². The number of hydrogen-bond acceptors (Lipinski definition) is 3. The lowest BCUT2D eigenvalue weighted by Gasteiger charge is -2.31. The van der Waals surface area contributed by atoms with Gasteiger partial charge >= 0.3 is 0 Å². The molecular weight excluding hydrogens is 362 g/mol. The van der Waals surface area contributed by atoms with Crippen molar-refractivity contribution in [3.05, 3.63) is 40.4 Å². The molecular formula is C24H37N3O2. The van der Waals surface area contributed by atoms with Crippen LogP contribution in [0.2, 0.25) is 0 Å². The Morgan fingerprint density at radius 1 is 1.07 bits per heavy atom. The summed E-state index contributed by atoms with van der Waals surface area (Å²) in [6.07, 6.45) is 5.79. The molecule has 0 spiro atoms. The molecule has 0 aliphatic rings. The summed E-state index contributed by atoms with van der Waals surface area (Å²) in [4.78, 5) is 33.0. The second-order valence-corrected chi connectivity index (χ2v) is 8.37. The van der Waals surface area contributed by atoms with Gasteiger partial charge in [-0.2, -0.15) is 0 Å². The molecule has 0 aliphatic heterocycles. The number of unbranched alkanes of at least 4 members (excludes halogenated alkanes) is 3. The molecule has 0 aliphatic carbocycles. The topological polar surface area (TPSA) is 55.2 Å². The molecule has 0 radical (unpaired) electrons. The highest BCUT2D eigenvalue weighted by atomic mass is 16.2. The highest BCUT2D eigenvalue weighted by molar-refractivity contribution is 5.78. The Morgan fingerprint density at radius 2 is 1.79 bits per heavy atom. The van der Waals surface area contributed by atoms with Gasteiger partial charge in [-0.1, -0.05) is 59.1 Å². The lowest BCUT2D eigenvalue weighted by atomic mass is 10.1. The fraction of sp³-hybridized carbons (Fsp3) is 0.625. The molecule has 2 aromatic rings. The molecule has 0 saturated carbocycles. The molecule has 1 aromatic heterocycles. The van der Waals surface area contributed by atoms with Gasteiger partial charge in [0, 0.05) is 19.5 Å². The third kappa shape index (κ3) is 5.91. The van der Waals surface area contributed by atoms with Crippen molar-refractivity contribution in [3.8, 4) is 0 Å². The van der Waals surface area contributed by atoms with Crippen molar-refractivity contribution in [2.45, 2.75) is 85.7 Å². The van der Waals surface area contributed by atoms with Gasteiger partial charge in [0.2, 0.25) is 5.91 Å². The number of carbonyl (C=O) groups excluding carboxylic acids is 1. The summed E-state index contributed by atoms with van der Waals surface area (Å²) in [5.41, 5.74) is 0.690. The molecule has 2 rings (SSSR count). The first-order chi connectivity index (χ1) is 13.9. The van der Waals surface area contributed by atoms with Gasteiger partial charge in [0.25, 0.3) is 5.56 Å². The quantitative estimate of drug-likeness (QED) is 0.480. The third-order valence-electron chi connectivity index (χ3n) is 5.34. The minimum atomic E-state index is -0.230. The van der Waals surface area contributed by atoms with E-state index in [1.54, 1.807) is 4.57 Å². The Kier molecular flexibility index (Phi) is 8.87. The summed E-state index contributed by atoms with van der Waals surface area (Å²) in [6.45, 7) is 11.7. The van der Waals surface area contributed by atoms with Crippen LogP contribution in [0, 0.1) is 5.92 Å². The SMILES string of the molecule is CCCCCCN(C(=O)CC(C)C)C(C)c1nc2ccccc2c(=O)n1CCC. The molecule has 160 valence electrons. The molecule has 1 amide bonds. The van der Waals surface area contributed by atoms with Gasteiger partial charge in [0.15, 0.2) is 0 Å². The van der Waals surface area contributed by atoms with Crippen LogP contribution in [0.25, 0.3) is 10.9 Å². The van der Waals surface area contributed by atoms with E-state index in [2.05, 4.69) is 27.7 Å². The fourth-order valence-electron chi connectivity index (χ4n) is 3.79. The Balaban J connectivity index is 2.45. The summed E-state index contributed by atoms with van der Waals surface area (Å²) in [7, 11) is 0. The molecule has 5 heteroatoms. The van der Waals surface area contributed by atoms with Crippen LogP contribution in [-0.2, 0) is 11.3 Å². The number of amides is 1. The number of para-hydroxylation sites is 1. The predicted molar refractivity (Wildman–Crippen MR) is 120 cm³/mol. The van der Waals surface area contributed by atoms with E-state index in [1.165, 1.54) is 6.42 Å². The first kappa shape index (κ1) is 23.1. The van der Waals surface area contributed by atoms with Gasteiger partial charge in [-0.25, -0.2) is 4.98 Å². The van der Waals surface area contributed by atoms with Crippen molar-refractivity contribution in [1.29, 1.82) is 0 Å². The maximum absolute atomic E-state index is 13.1. The van der Waals surface area contributed by atoms with Crippen molar-refractivity contribution in [1.82, 2.24) is 14.5 Å². The van der Waals surface area contributed by atoms with E-state index < -0.39 is 0 Å². The standard InChI is InChI=1S/C24H37N3O2/c1-6-8-9-12-16-26(22(28)17-18(3)4)19(5)23-25-21-14-11-10-13-20(21)24(29)27(23)15-7-2/h10-11,13-14,18-19H,6-9,12,15-17H2,1-5H3. The van der Waals surface area contributed by atoms with E-state index >= 15 is 0 Å². The smallest absolute Gasteiger partial charge is 0.261 e. The number of benzene rings is 1. The van der Waals surface area contributed by atoms with E-state index in [-0.39, 0.29) is 17.5 Å². The molecule has 1 atom stereocenters. The normalized spacial score (nSPS) is 12.5. The number of aromatic nitrogens is 2. The zero-order valence-electron chi connectivity index (χ0n) is 18.8. The first-order valence-electron chi connectivity index (χ1n) is 11.2. The molecule has 0 N–H and O–H groups in total. The molecule has 0 saturated heterocycles. The van der Waals surface area contributed by atoms with Gasteiger partial charge in [-0.3, -0.25) is 14.2 Å². The van der Waals surface area contributed by atoms with Gasteiger partial charge in [0.05, 0.1) is 16.9 Å². The molecule has 1 unspecified atom stereocenters. The van der Waals surface area contributed by atoms with Crippen molar-refractivity contribution < 1.29 is 4.79 Å². The Labute approximate surface area is 175 Å². The van der Waals surface area contributed by atoms with E-state index in [1.807, 2.05) is 36.1 Å². The number of hydrogen-bond donors (Lipinski definition) is 0. The number of rotatable bonds is 11. The Hall–Kier alpha value is -2.17. The summed E-state index contributed by atoms with van der Waals surface area (Å²) >= 11 is 0. The molecule has 29 heavy (non-hydrogen) atoms. The molecule has 1 aromatic carbocycles. The van der Waals surface area contributed by atoms with E-state index in [4.69, 9.17) is 4.98 Å². The minimum Gasteiger partial charge on any atom is -0.333 e. The van der Waals surface area contributed by atoms with E-state index in [0.717, 1.165) is 25.7 Å². The van der Waals surface area contributed by atoms with Crippen LogP contribution in [0.3, 0.4) is 0 Å². The van der Waals surface area contributed by atoms with Crippen LogP contribution in [0.4, 0.5) is 0 Å². The molecule has 1 heterocycles. The van der Waals surface area contributed by atoms with Gasteiger partial charge in [0.1, 0.15) is 5.82 Å². The maximum atomic E-state index is 13.1. The summed E-state index contributed by atoms with van der Waals surface area (Å²) in [6, 6.07) is 7.26. The second-order valence-electron chi connectivity index (χ2n) is 8.37. The molecule has 0 fully saturated rings. The first-order valence-corrected chi connectivity index (χ1v) is 11.2. The minimum absolute atomic E-state index is 0.0125. The monoisotopic (exact) mass is 399 g/mol. The second kappa shape index (κ2) is 11.1. The van der Waals surface area contributed by atoms with Gasteiger partial charge in [-0.15, -0.1) is 0 Å². The molecule has 0 bridgehead atoms. The average Bonchev–Trinajstić information content (AvgIpc) is 2.69. The third-order valence-corrected chi connectivity index (χ3v) is 5.34. The van der Waals surface area contributed by atoms with Crippen LogP contribution in [-0.4, -0.2) is 26.9 Å². The highest BCUT2D eigenvalue weighted by Crippen LogP contribution is 2.23. The van der Waals surface area contributed by atoms with Crippen molar-refractivity contribution >= 4 is 16.8 Å². The van der Waals surface area contributed by atoms with Crippen LogP contribution in [0.5, 0.6) is 0 Å². The number of fused-ring (bicyclic) bond motifs is 1. The lowest BCUT2D eigenvalue weighted by molar-refractivity contribution is -0.134. The summed E-state index contributed by atoms with van der Waals surface area (Å²) < 4.78 is 1.77. The largest absolute Gasteiger partial charge is 0.333 e. The Bertz CT molecular complexity index is 857. The predicted octanol–water partition coefficient (Wildman–Crippen LogP) is 5.32. The van der Waals surface area contributed by atoms with Gasteiger partial charge < -0.3 is 4.90 Å². The number of carbonyl (C=O) groups is 1. The fourth-order valence-corrected chi connectivity index (χ4v) is 3.79. The zero-order valence-corrected chi connectivity index (χ0v) is 18.8. The van der Waals surface area contributed by atoms with Crippen LogP contribution in [0.15, 0.2) is 29.1 Å². The lowest BCUT2D eigenvalue weighted by Crippen LogP contribution is -2.39. The maximum Gasteiger partial charge on any atom is 0.261 e. The van der Waals surface area contributed by atoms with E-state index in [0.29, 0.717) is 42.2 Å². The summed E-state index contributed by atoms with van der Waals surface area (Å²) in [5, 5.41) is 0.639. The highest BCUT2D eigenvalue weighted by Gasteiger charge is 2.26. The number of nitrogens with zero attached hydrogens (tertiary/aromatic N) is 3. The van der Waals surface area contributed by atoms with Gasteiger partial charge in [-0.05, 0) is 37.8 Å².